The Morgan fingerprint density at radius 2 is 2.13 bits per heavy atom. The van der Waals surface area contributed by atoms with Crippen LogP contribution in [-0.2, 0) is 11.2 Å². The molecule has 0 aliphatic carbocycles. The first-order valence-corrected chi connectivity index (χ1v) is 7.77. The van der Waals surface area contributed by atoms with Gasteiger partial charge in [-0.3, -0.25) is 4.79 Å². The smallest absolute Gasteiger partial charge is 0.230 e. The quantitative estimate of drug-likeness (QED) is 0.884. The number of rotatable bonds is 4. The van der Waals surface area contributed by atoms with Crippen LogP contribution in [-0.4, -0.2) is 42.2 Å². The van der Waals surface area contributed by atoms with Crippen LogP contribution in [0, 0.1) is 13.8 Å². The number of carbonyl (C=O) groups is 1. The molecule has 0 radical (unpaired) electrons. The van der Waals surface area contributed by atoms with Gasteiger partial charge in [-0.05, 0) is 26.0 Å². The lowest BCUT2D eigenvalue weighted by atomic mass is 10.1. The molecule has 7 heteroatoms. The normalized spacial score (nSPS) is 14.8. The predicted octanol–water partition coefficient (Wildman–Crippen LogP) is 1.28. The molecule has 1 aliphatic heterocycles. The molecule has 122 valence electrons. The van der Waals surface area contributed by atoms with Crippen molar-refractivity contribution in [2.24, 2.45) is 0 Å². The fourth-order valence-electron chi connectivity index (χ4n) is 2.67. The highest BCUT2D eigenvalue weighted by atomic mass is 16.5. The molecule has 3 heterocycles. The van der Waals surface area contributed by atoms with Crippen molar-refractivity contribution in [1.29, 1.82) is 0 Å². The Balaban J connectivity index is 1.60. The summed E-state index contributed by atoms with van der Waals surface area (Å²) in [7, 11) is 0. The average molecular weight is 315 g/mol. The maximum Gasteiger partial charge on any atom is 0.230 e. The molecule has 0 aromatic carbocycles. The van der Waals surface area contributed by atoms with E-state index in [1.807, 2.05) is 26.0 Å². The van der Waals surface area contributed by atoms with Crippen LogP contribution in [0.1, 0.15) is 17.0 Å². The largest absolute Gasteiger partial charge is 0.368 e. The lowest BCUT2D eigenvalue weighted by molar-refractivity contribution is -0.115. The molecule has 2 aromatic heterocycles. The summed E-state index contributed by atoms with van der Waals surface area (Å²) in [6.45, 7) is 7.55. The van der Waals surface area contributed by atoms with E-state index in [1.165, 1.54) is 0 Å². The molecule has 7 nitrogen and oxygen atoms in total. The minimum atomic E-state index is -0.123. The van der Waals surface area contributed by atoms with E-state index in [-0.39, 0.29) is 12.3 Å². The van der Waals surface area contributed by atoms with Gasteiger partial charge in [0.1, 0.15) is 11.6 Å². The van der Waals surface area contributed by atoms with Gasteiger partial charge in [-0.2, -0.15) is 0 Å². The van der Waals surface area contributed by atoms with E-state index >= 15 is 0 Å². The highest BCUT2D eigenvalue weighted by Crippen LogP contribution is 2.17. The van der Waals surface area contributed by atoms with Crippen LogP contribution >= 0.6 is 0 Å². The Kier molecular flexibility index (Phi) is 4.57. The number of amides is 1. The van der Waals surface area contributed by atoms with Crippen LogP contribution in [0.3, 0.4) is 0 Å². The zero-order chi connectivity index (χ0) is 16.2. The highest BCUT2D eigenvalue weighted by Gasteiger charge is 2.14. The molecule has 0 unspecified atom stereocenters. The molecular weight excluding hydrogens is 294 g/mol. The monoisotopic (exact) mass is 315 g/mol. The Hall–Kier alpha value is -2.41. The van der Waals surface area contributed by atoms with Crippen molar-refractivity contribution in [1.82, 2.24) is 15.5 Å². The van der Waals surface area contributed by atoms with Gasteiger partial charge in [0, 0.05) is 31.7 Å². The highest BCUT2D eigenvalue weighted by molar-refractivity contribution is 5.91. The third-order valence-corrected chi connectivity index (χ3v) is 4.02. The summed E-state index contributed by atoms with van der Waals surface area (Å²) in [4.78, 5) is 18.7. The van der Waals surface area contributed by atoms with E-state index in [1.54, 1.807) is 6.20 Å². The second-order valence-electron chi connectivity index (χ2n) is 5.67. The fourth-order valence-corrected chi connectivity index (χ4v) is 2.67. The summed E-state index contributed by atoms with van der Waals surface area (Å²) in [5.41, 5.74) is 2.66. The third kappa shape index (κ3) is 3.68. The number of nitrogens with zero attached hydrogens (tertiary/aromatic N) is 3. The summed E-state index contributed by atoms with van der Waals surface area (Å²) in [5.74, 6) is 1.11. The van der Waals surface area contributed by atoms with Crippen LogP contribution in [0.5, 0.6) is 0 Å². The predicted molar refractivity (Wildman–Crippen MR) is 87.6 cm³/mol. The number of carbonyl (C=O) groups excluding carboxylic acids is 1. The molecule has 23 heavy (non-hydrogen) atoms. The lowest BCUT2D eigenvalue weighted by Crippen LogP contribution is -2.43. The Morgan fingerprint density at radius 3 is 2.74 bits per heavy atom. The number of aromatic nitrogens is 2. The van der Waals surface area contributed by atoms with E-state index < -0.39 is 0 Å². The van der Waals surface area contributed by atoms with Crippen molar-refractivity contribution in [3.63, 3.8) is 0 Å². The van der Waals surface area contributed by atoms with Gasteiger partial charge in [0.15, 0.2) is 0 Å². The number of piperazine rings is 1. The van der Waals surface area contributed by atoms with Crippen molar-refractivity contribution in [3.05, 3.63) is 35.3 Å². The van der Waals surface area contributed by atoms with Crippen LogP contribution in [0.2, 0.25) is 0 Å². The first kappa shape index (κ1) is 15.5. The minimum Gasteiger partial charge on any atom is -0.368 e. The number of hydrogen-bond donors (Lipinski definition) is 2. The zero-order valence-corrected chi connectivity index (χ0v) is 13.4. The van der Waals surface area contributed by atoms with E-state index in [0.29, 0.717) is 11.6 Å². The SMILES string of the molecule is Cc1noc(C)c1CC(=O)Nc1ccc(N2CCNCC2)cn1. The molecule has 1 fully saturated rings. The molecule has 0 spiro atoms. The Bertz CT molecular complexity index is 655. The van der Waals surface area contributed by atoms with E-state index in [9.17, 15) is 4.79 Å². The van der Waals surface area contributed by atoms with Gasteiger partial charge < -0.3 is 20.1 Å². The molecule has 2 N–H and O–H groups in total. The summed E-state index contributed by atoms with van der Waals surface area (Å²) < 4.78 is 5.07. The van der Waals surface area contributed by atoms with Gasteiger partial charge >= 0.3 is 0 Å². The van der Waals surface area contributed by atoms with Crippen molar-refractivity contribution in [3.8, 4) is 0 Å². The van der Waals surface area contributed by atoms with Gasteiger partial charge in [-0.1, -0.05) is 5.16 Å². The number of hydrogen-bond acceptors (Lipinski definition) is 6. The van der Waals surface area contributed by atoms with Crippen molar-refractivity contribution >= 4 is 17.4 Å². The van der Waals surface area contributed by atoms with Crippen molar-refractivity contribution in [2.45, 2.75) is 20.3 Å². The Labute approximate surface area is 135 Å². The molecule has 0 atom stereocenters. The molecular formula is C16H21N5O2. The minimum absolute atomic E-state index is 0.123. The van der Waals surface area contributed by atoms with Gasteiger partial charge in [-0.15, -0.1) is 0 Å². The molecule has 1 aliphatic rings. The summed E-state index contributed by atoms with van der Waals surface area (Å²) >= 11 is 0. The number of anilines is 2. The summed E-state index contributed by atoms with van der Waals surface area (Å²) in [5, 5.41) is 9.99. The zero-order valence-electron chi connectivity index (χ0n) is 13.4. The molecule has 3 rings (SSSR count). The van der Waals surface area contributed by atoms with Crippen molar-refractivity contribution < 1.29 is 9.32 Å². The maximum absolute atomic E-state index is 12.1. The molecule has 2 aromatic rings. The van der Waals surface area contributed by atoms with Gasteiger partial charge in [0.05, 0.1) is 24.0 Å². The number of pyridine rings is 1. The fraction of sp³-hybridized carbons (Fsp3) is 0.438. The Morgan fingerprint density at radius 1 is 1.35 bits per heavy atom. The van der Waals surface area contributed by atoms with Gasteiger partial charge in [-0.25, -0.2) is 4.98 Å². The summed E-state index contributed by atoms with van der Waals surface area (Å²) in [6, 6.07) is 3.83. The standard InChI is InChI=1S/C16H21N5O2/c1-11-14(12(2)23-20-11)9-16(22)19-15-4-3-13(10-18-15)21-7-5-17-6-8-21/h3-4,10,17H,5-9H2,1-2H3,(H,18,19,22). The topological polar surface area (TPSA) is 83.3 Å². The first-order valence-electron chi connectivity index (χ1n) is 7.77. The van der Waals surface area contributed by atoms with Gasteiger partial charge in [0.25, 0.3) is 0 Å². The maximum atomic E-state index is 12.1. The van der Waals surface area contributed by atoms with Crippen molar-refractivity contribution in [2.75, 3.05) is 36.4 Å². The van der Waals surface area contributed by atoms with E-state index in [0.717, 1.165) is 43.1 Å². The van der Waals surface area contributed by atoms with Crippen LogP contribution in [0.4, 0.5) is 11.5 Å². The van der Waals surface area contributed by atoms with E-state index in [4.69, 9.17) is 4.52 Å². The average Bonchev–Trinajstić information content (AvgIpc) is 2.88. The third-order valence-electron chi connectivity index (χ3n) is 4.02. The van der Waals surface area contributed by atoms with Gasteiger partial charge in [0.2, 0.25) is 5.91 Å². The summed E-state index contributed by atoms with van der Waals surface area (Å²) in [6.07, 6.45) is 2.04. The van der Waals surface area contributed by atoms with E-state index in [2.05, 4.69) is 25.7 Å². The van der Waals surface area contributed by atoms with Crippen LogP contribution in [0.25, 0.3) is 0 Å². The molecule has 0 saturated carbocycles. The molecule has 1 amide bonds. The second kappa shape index (κ2) is 6.78. The van der Waals surface area contributed by atoms with Crippen LogP contribution in [0.15, 0.2) is 22.9 Å². The number of aryl methyl sites for hydroxylation is 2. The number of nitrogens with one attached hydrogen (secondary N) is 2. The first-order chi connectivity index (χ1) is 11.1. The van der Waals surface area contributed by atoms with Crippen LogP contribution < -0.4 is 15.5 Å². The second-order valence-corrected chi connectivity index (χ2v) is 5.67. The molecule has 0 bridgehead atoms. The molecule has 1 saturated heterocycles. The lowest BCUT2D eigenvalue weighted by Gasteiger charge is -2.29.